The van der Waals surface area contributed by atoms with Crippen molar-refractivity contribution >= 4 is 28.9 Å². The third kappa shape index (κ3) is 2.54. The van der Waals surface area contributed by atoms with Crippen molar-refractivity contribution in [2.75, 3.05) is 11.1 Å². The van der Waals surface area contributed by atoms with E-state index in [-0.39, 0.29) is 11.6 Å². The number of carbonyl (C=O) groups excluding carboxylic acids is 1. The van der Waals surface area contributed by atoms with E-state index in [0.717, 1.165) is 0 Å². The van der Waals surface area contributed by atoms with Gasteiger partial charge in [-0.15, -0.1) is 0 Å². The maximum absolute atomic E-state index is 11.9. The van der Waals surface area contributed by atoms with Crippen molar-refractivity contribution in [3.8, 4) is 0 Å². The average Bonchev–Trinajstić information content (AvgIpc) is 2.32. The number of amides is 1. The first-order valence-corrected chi connectivity index (χ1v) is 5.32. The van der Waals surface area contributed by atoms with Gasteiger partial charge in [0.15, 0.2) is 5.69 Å². The highest BCUT2D eigenvalue weighted by Crippen LogP contribution is 2.21. The number of anilines is 2. The number of hydrogen-bond acceptors (Lipinski definition) is 3. The molecule has 2 rings (SSSR count). The summed E-state index contributed by atoms with van der Waals surface area (Å²) in [6, 6.07) is 10.3. The quantitative estimate of drug-likeness (QED) is 0.857. The molecule has 86 valence electrons. The summed E-state index contributed by atoms with van der Waals surface area (Å²) in [6.45, 7) is 0. The maximum atomic E-state index is 11.9. The zero-order valence-corrected chi connectivity index (χ0v) is 9.61. The molecule has 0 aliphatic carbocycles. The van der Waals surface area contributed by atoms with Crippen LogP contribution in [0.5, 0.6) is 0 Å². The molecule has 0 bridgehead atoms. The average molecular weight is 248 g/mol. The van der Waals surface area contributed by atoms with Gasteiger partial charge in [0, 0.05) is 6.20 Å². The van der Waals surface area contributed by atoms with Crippen LogP contribution in [0.3, 0.4) is 0 Å². The van der Waals surface area contributed by atoms with E-state index in [2.05, 4.69) is 10.3 Å². The predicted molar refractivity (Wildman–Crippen MR) is 68.1 cm³/mol. The largest absolute Gasteiger partial charge is 0.397 e. The van der Waals surface area contributed by atoms with Crippen LogP contribution in [0.25, 0.3) is 0 Å². The lowest BCUT2D eigenvalue weighted by Crippen LogP contribution is -2.15. The van der Waals surface area contributed by atoms with Crippen LogP contribution in [0.15, 0.2) is 42.6 Å². The lowest BCUT2D eigenvalue weighted by atomic mass is 10.2. The Morgan fingerprint density at radius 1 is 1.24 bits per heavy atom. The van der Waals surface area contributed by atoms with Crippen LogP contribution in [0.4, 0.5) is 11.4 Å². The summed E-state index contributed by atoms with van der Waals surface area (Å²) in [4.78, 5) is 15.8. The number of rotatable bonds is 2. The number of aromatic nitrogens is 1. The van der Waals surface area contributed by atoms with Crippen molar-refractivity contribution in [1.82, 2.24) is 4.98 Å². The van der Waals surface area contributed by atoms with Crippen molar-refractivity contribution < 1.29 is 4.79 Å². The van der Waals surface area contributed by atoms with Crippen molar-refractivity contribution in [2.24, 2.45) is 0 Å². The molecule has 1 heterocycles. The van der Waals surface area contributed by atoms with Gasteiger partial charge in [0.2, 0.25) is 0 Å². The zero-order valence-electron chi connectivity index (χ0n) is 8.85. The minimum Gasteiger partial charge on any atom is -0.397 e. The molecule has 0 atom stereocenters. The number of para-hydroxylation sites is 1. The van der Waals surface area contributed by atoms with Gasteiger partial charge in [-0.05, 0) is 24.3 Å². The number of benzene rings is 1. The summed E-state index contributed by atoms with van der Waals surface area (Å²) >= 11 is 5.93. The second-order valence-corrected chi connectivity index (χ2v) is 3.78. The van der Waals surface area contributed by atoms with E-state index in [1.54, 1.807) is 36.4 Å². The standard InChI is InChI=1S/C12H10ClN3O/c13-8-4-1-2-6-10(8)16-12(17)11-9(14)5-3-7-15-11/h1-7H,14H2,(H,16,17). The third-order valence-electron chi connectivity index (χ3n) is 2.18. The van der Waals surface area contributed by atoms with E-state index in [9.17, 15) is 4.79 Å². The maximum Gasteiger partial charge on any atom is 0.276 e. The minimum absolute atomic E-state index is 0.187. The number of nitrogens with zero attached hydrogens (tertiary/aromatic N) is 1. The van der Waals surface area contributed by atoms with E-state index in [4.69, 9.17) is 17.3 Å². The fraction of sp³-hybridized carbons (Fsp3) is 0. The molecule has 1 amide bonds. The van der Waals surface area contributed by atoms with E-state index in [0.29, 0.717) is 16.4 Å². The highest BCUT2D eigenvalue weighted by molar-refractivity contribution is 6.33. The predicted octanol–water partition coefficient (Wildman–Crippen LogP) is 2.57. The summed E-state index contributed by atoms with van der Waals surface area (Å²) in [5.74, 6) is -0.379. The molecule has 0 saturated heterocycles. The molecule has 5 heteroatoms. The molecule has 1 aromatic heterocycles. The SMILES string of the molecule is Nc1cccnc1C(=O)Nc1ccccc1Cl. The number of nitrogens with one attached hydrogen (secondary N) is 1. The summed E-state index contributed by atoms with van der Waals surface area (Å²) in [6.07, 6.45) is 1.51. The summed E-state index contributed by atoms with van der Waals surface area (Å²) in [5, 5.41) is 3.12. The number of nitrogen functional groups attached to an aromatic ring is 1. The van der Waals surface area contributed by atoms with Crippen LogP contribution in [0.2, 0.25) is 5.02 Å². The van der Waals surface area contributed by atoms with Gasteiger partial charge in [-0.2, -0.15) is 0 Å². The van der Waals surface area contributed by atoms with Crippen molar-refractivity contribution in [3.63, 3.8) is 0 Å². The first-order valence-electron chi connectivity index (χ1n) is 4.95. The molecule has 0 fully saturated rings. The van der Waals surface area contributed by atoms with Crippen LogP contribution in [0, 0.1) is 0 Å². The molecular weight excluding hydrogens is 238 g/mol. The van der Waals surface area contributed by atoms with Gasteiger partial charge in [-0.3, -0.25) is 4.79 Å². The molecular formula is C12H10ClN3O. The van der Waals surface area contributed by atoms with E-state index in [1.807, 2.05) is 0 Å². The minimum atomic E-state index is -0.379. The second kappa shape index (κ2) is 4.84. The number of hydrogen-bond donors (Lipinski definition) is 2. The molecule has 2 aromatic rings. The highest BCUT2D eigenvalue weighted by atomic mass is 35.5. The van der Waals surface area contributed by atoms with Gasteiger partial charge in [-0.1, -0.05) is 23.7 Å². The fourth-order valence-electron chi connectivity index (χ4n) is 1.35. The van der Waals surface area contributed by atoms with Gasteiger partial charge >= 0.3 is 0 Å². The number of halogens is 1. The molecule has 0 aliphatic heterocycles. The van der Waals surface area contributed by atoms with Gasteiger partial charge in [0.25, 0.3) is 5.91 Å². The van der Waals surface area contributed by atoms with Crippen molar-refractivity contribution in [2.45, 2.75) is 0 Å². The van der Waals surface area contributed by atoms with Gasteiger partial charge in [0.05, 0.1) is 16.4 Å². The zero-order chi connectivity index (χ0) is 12.3. The van der Waals surface area contributed by atoms with Crippen LogP contribution in [-0.4, -0.2) is 10.9 Å². The molecule has 0 spiro atoms. The van der Waals surface area contributed by atoms with Crippen LogP contribution < -0.4 is 11.1 Å². The lowest BCUT2D eigenvalue weighted by molar-refractivity contribution is 0.102. The number of nitrogens with two attached hydrogens (primary N) is 1. The van der Waals surface area contributed by atoms with Crippen LogP contribution >= 0.6 is 11.6 Å². The first-order chi connectivity index (χ1) is 8.18. The fourth-order valence-corrected chi connectivity index (χ4v) is 1.53. The molecule has 0 aliphatic rings. The molecule has 0 radical (unpaired) electrons. The van der Waals surface area contributed by atoms with Crippen LogP contribution in [-0.2, 0) is 0 Å². The second-order valence-electron chi connectivity index (χ2n) is 3.38. The summed E-state index contributed by atoms with van der Waals surface area (Å²) in [5.41, 5.74) is 6.71. The number of carbonyl (C=O) groups is 1. The molecule has 0 saturated carbocycles. The Labute approximate surface area is 103 Å². The summed E-state index contributed by atoms with van der Waals surface area (Å²) in [7, 11) is 0. The van der Waals surface area contributed by atoms with E-state index in [1.165, 1.54) is 6.20 Å². The topological polar surface area (TPSA) is 68.0 Å². The van der Waals surface area contributed by atoms with E-state index >= 15 is 0 Å². The smallest absolute Gasteiger partial charge is 0.276 e. The Bertz CT molecular complexity index is 557. The molecule has 1 aromatic carbocycles. The normalized spacial score (nSPS) is 9.94. The van der Waals surface area contributed by atoms with E-state index < -0.39 is 0 Å². The van der Waals surface area contributed by atoms with Gasteiger partial charge in [0.1, 0.15) is 0 Å². The Hall–Kier alpha value is -2.07. The molecule has 0 unspecified atom stereocenters. The summed E-state index contributed by atoms with van der Waals surface area (Å²) < 4.78 is 0. The Balaban J connectivity index is 2.24. The molecule has 17 heavy (non-hydrogen) atoms. The highest BCUT2D eigenvalue weighted by Gasteiger charge is 2.11. The monoisotopic (exact) mass is 247 g/mol. The van der Waals surface area contributed by atoms with Crippen molar-refractivity contribution in [1.29, 1.82) is 0 Å². The Morgan fingerprint density at radius 2 is 2.00 bits per heavy atom. The lowest BCUT2D eigenvalue weighted by Gasteiger charge is -2.07. The number of pyridine rings is 1. The Morgan fingerprint density at radius 3 is 2.71 bits per heavy atom. The van der Waals surface area contributed by atoms with Crippen LogP contribution in [0.1, 0.15) is 10.5 Å². The van der Waals surface area contributed by atoms with Crippen molar-refractivity contribution in [3.05, 3.63) is 53.3 Å². The van der Waals surface area contributed by atoms with Gasteiger partial charge in [-0.25, -0.2) is 4.98 Å². The molecule has 3 N–H and O–H groups in total. The Kier molecular flexibility index (Phi) is 3.25. The van der Waals surface area contributed by atoms with Gasteiger partial charge < -0.3 is 11.1 Å². The third-order valence-corrected chi connectivity index (χ3v) is 2.51. The first kappa shape index (κ1) is 11.4. The molecule has 4 nitrogen and oxygen atoms in total.